The summed E-state index contributed by atoms with van der Waals surface area (Å²) in [7, 11) is 0. The van der Waals surface area contributed by atoms with E-state index in [0.717, 1.165) is 5.69 Å². The molecule has 6 nitrogen and oxygen atoms in total. The van der Waals surface area contributed by atoms with Crippen molar-refractivity contribution in [2.24, 2.45) is 5.92 Å². The van der Waals surface area contributed by atoms with Gasteiger partial charge in [0, 0.05) is 25.1 Å². The molecule has 0 bridgehead atoms. The molecular weight excluding hydrogens is 350 g/mol. The highest BCUT2D eigenvalue weighted by atomic mass is 19.1. The predicted octanol–water partition coefficient (Wildman–Crippen LogP) is 3.52. The fraction of sp³-hybridized carbons (Fsp3) is 0.263. The molecule has 138 valence electrons. The highest BCUT2D eigenvalue weighted by Gasteiger charge is 2.28. The van der Waals surface area contributed by atoms with Crippen LogP contribution in [0.2, 0.25) is 0 Å². The minimum Gasteiger partial charge on any atom is -0.354 e. The van der Waals surface area contributed by atoms with Gasteiger partial charge in [0.05, 0.1) is 29.8 Å². The van der Waals surface area contributed by atoms with Gasteiger partial charge in [-0.1, -0.05) is 0 Å². The number of hydrogen-bond acceptors (Lipinski definition) is 5. The third-order valence-corrected chi connectivity index (χ3v) is 4.11. The Morgan fingerprint density at radius 1 is 1.22 bits per heavy atom. The van der Waals surface area contributed by atoms with Crippen molar-refractivity contribution in [1.82, 2.24) is 19.5 Å². The first-order chi connectivity index (χ1) is 13.1. The van der Waals surface area contributed by atoms with Crippen molar-refractivity contribution >= 4 is 5.95 Å². The summed E-state index contributed by atoms with van der Waals surface area (Å²) in [4.78, 5) is 11.9. The first-order valence-electron chi connectivity index (χ1n) is 8.48. The van der Waals surface area contributed by atoms with Crippen LogP contribution in [0.1, 0.15) is 18.4 Å². The summed E-state index contributed by atoms with van der Waals surface area (Å²) in [6, 6.07) is 6.71. The van der Waals surface area contributed by atoms with E-state index in [2.05, 4.69) is 26.3 Å². The molecule has 27 heavy (non-hydrogen) atoms. The van der Waals surface area contributed by atoms with Crippen molar-refractivity contribution < 1.29 is 8.78 Å². The number of halogens is 2. The Labute approximate surface area is 155 Å². The predicted molar refractivity (Wildman–Crippen MR) is 96.4 cm³/mol. The smallest absolute Gasteiger partial charge is 0.222 e. The second-order valence-corrected chi connectivity index (χ2v) is 6.17. The zero-order valence-corrected chi connectivity index (χ0v) is 14.5. The van der Waals surface area contributed by atoms with Crippen LogP contribution in [0, 0.1) is 23.1 Å². The largest absolute Gasteiger partial charge is 0.354 e. The summed E-state index contributed by atoms with van der Waals surface area (Å²) in [5, 5.41) is 11.9. The van der Waals surface area contributed by atoms with Gasteiger partial charge in [-0.2, -0.15) is 5.26 Å². The number of pyridine rings is 1. The molecule has 3 aromatic heterocycles. The fourth-order valence-electron chi connectivity index (χ4n) is 2.57. The molecule has 0 radical (unpaired) electrons. The Balaban J connectivity index is 0.000000253. The van der Waals surface area contributed by atoms with Crippen LogP contribution < -0.4 is 5.32 Å². The van der Waals surface area contributed by atoms with Crippen molar-refractivity contribution in [3.8, 4) is 11.8 Å². The van der Waals surface area contributed by atoms with E-state index in [1.165, 1.54) is 18.5 Å². The van der Waals surface area contributed by atoms with Gasteiger partial charge in [0.15, 0.2) is 0 Å². The molecule has 1 N–H and O–H groups in total. The van der Waals surface area contributed by atoms with Gasteiger partial charge in [-0.3, -0.25) is 4.98 Å². The number of alkyl halides is 1. The SMILES string of the molecule is Fc1cccnc1.N#Cc1ccn(-c2cnc(NCC3CC(F)C3)nc2)c1. The summed E-state index contributed by atoms with van der Waals surface area (Å²) < 4.78 is 26.3. The van der Waals surface area contributed by atoms with Crippen LogP contribution in [0.15, 0.2) is 55.4 Å². The molecule has 4 rings (SSSR count). The fourth-order valence-corrected chi connectivity index (χ4v) is 2.57. The van der Waals surface area contributed by atoms with E-state index < -0.39 is 6.17 Å². The number of nitrogens with zero attached hydrogens (tertiary/aromatic N) is 5. The summed E-state index contributed by atoms with van der Waals surface area (Å²) in [5.41, 5.74) is 1.39. The van der Waals surface area contributed by atoms with Crippen LogP contribution in [0.5, 0.6) is 0 Å². The number of nitrogens with one attached hydrogen (secondary N) is 1. The van der Waals surface area contributed by atoms with Crippen LogP contribution in [0.4, 0.5) is 14.7 Å². The average molecular weight is 368 g/mol. The number of aromatic nitrogens is 4. The van der Waals surface area contributed by atoms with Crippen LogP contribution >= 0.6 is 0 Å². The average Bonchev–Trinajstić information content (AvgIpc) is 3.15. The molecular formula is C19H18F2N6. The number of nitriles is 1. The second-order valence-electron chi connectivity index (χ2n) is 6.17. The second kappa shape index (κ2) is 8.85. The quantitative estimate of drug-likeness (QED) is 0.762. The normalized spacial score (nSPS) is 17.8. The van der Waals surface area contributed by atoms with E-state index in [-0.39, 0.29) is 5.82 Å². The number of hydrogen-bond donors (Lipinski definition) is 1. The van der Waals surface area contributed by atoms with Gasteiger partial charge in [-0.15, -0.1) is 0 Å². The molecule has 3 heterocycles. The number of rotatable bonds is 4. The van der Waals surface area contributed by atoms with Crippen molar-refractivity contribution in [1.29, 1.82) is 5.26 Å². The maximum absolute atomic E-state index is 12.7. The molecule has 0 aliphatic heterocycles. The minimum absolute atomic E-state index is 0.289. The van der Waals surface area contributed by atoms with Crippen molar-refractivity contribution in [2.45, 2.75) is 19.0 Å². The van der Waals surface area contributed by atoms with Gasteiger partial charge in [0.2, 0.25) is 5.95 Å². The standard InChI is InChI=1S/C14H14FN5.C5H4FN/c15-12-3-11(4-12)6-17-14-18-7-13(8-19-14)20-2-1-10(5-16)9-20;6-5-2-1-3-7-4-5/h1-2,7-9,11-12H,3-4,6H2,(H,17,18,19);1-4H. The van der Waals surface area contributed by atoms with Crippen molar-refractivity contribution in [3.63, 3.8) is 0 Å². The van der Waals surface area contributed by atoms with Gasteiger partial charge in [0.25, 0.3) is 0 Å². The van der Waals surface area contributed by atoms with Gasteiger partial charge in [0.1, 0.15) is 18.1 Å². The Morgan fingerprint density at radius 2 is 2.00 bits per heavy atom. The van der Waals surface area contributed by atoms with E-state index in [1.54, 1.807) is 41.5 Å². The van der Waals surface area contributed by atoms with Gasteiger partial charge < -0.3 is 9.88 Å². The Bertz CT molecular complexity index is 883. The lowest BCUT2D eigenvalue weighted by Crippen LogP contribution is -2.30. The molecule has 0 unspecified atom stereocenters. The first-order valence-corrected chi connectivity index (χ1v) is 8.48. The molecule has 1 saturated carbocycles. The van der Waals surface area contributed by atoms with E-state index in [9.17, 15) is 8.78 Å². The van der Waals surface area contributed by atoms with E-state index in [4.69, 9.17) is 5.26 Å². The van der Waals surface area contributed by atoms with Gasteiger partial charge >= 0.3 is 0 Å². The molecule has 8 heteroatoms. The van der Waals surface area contributed by atoms with Crippen LogP contribution in [-0.2, 0) is 0 Å². The molecule has 0 spiro atoms. The molecule has 0 aromatic carbocycles. The van der Waals surface area contributed by atoms with Crippen molar-refractivity contribution in [3.05, 3.63) is 66.8 Å². The maximum Gasteiger partial charge on any atom is 0.222 e. The minimum atomic E-state index is -0.631. The first kappa shape index (κ1) is 18.5. The third kappa shape index (κ3) is 5.31. The summed E-state index contributed by atoms with van der Waals surface area (Å²) in [5.74, 6) is 0.641. The highest BCUT2D eigenvalue weighted by Crippen LogP contribution is 2.29. The van der Waals surface area contributed by atoms with Crippen molar-refractivity contribution in [2.75, 3.05) is 11.9 Å². The molecule has 3 aromatic rings. The van der Waals surface area contributed by atoms with E-state index >= 15 is 0 Å². The molecule has 1 fully saturated rings. The highest BCUT2D eigenvalue weighted by molar-refractivity contribution is 5.36. The Kier molecular flexibility index (Phi) is 6.05. The van der Waals surface area contributed by atoms with Crippen LogP contribution in [0.25, 0.3) is 5.69 Å². The van der Waals surface area contributed by atoms with Gasteiger partial charge in [-0.25, -0.2) is 18.7 Å². The summed E-state index contributed by atoms with van der Waals surface area (Å²) in [6.07, 6.45) is 10.2. The lowest BCUT2D eigenvalue weighted by atomic mass is 9.83. The van der Waals surface area contributed by atoms with Crippen LogP contribution in [-0.4, -0.2) is 32.2 Å². The topological polar surface area (TPSA) is 79.4 Å². The Morgan fingerprint density at radius 3 is 2.52 bits per heavy atom. The maximum atomic E-state index is 12.7. The number of anilines is 1. The zero-order chi connectivity index (χ0) is 19.1. The van der Waals surface area contributed by atoms with Gasteiger partial charge in [-0.05, 0) is 37.0 Å². The zero-order valence-electron chi connectivity index (χ0n) is 14.5. The molecule has 0 saturated heterocycles. The molecule has 0 atom stereocenters. The molecule has 1 aliphatic rings. The third-order valence-electron chi connectivity index (χ3n) is 4.11. The summed E-state index contributed by atoms with van der Waals surface area (Å²) in [6.45, 7) is 0.710. The summed E-state index contributed by atoms with van der Waals surface area (Å²) >= 11 is 0. The molecule has 0 amide bonds. The monoisotopic (exact) mass is 368 g/mol. The lowest BCUT2D eigenvalue weighted by molar-refractivity contribution is 0.140. The van der Waals surface area contributed by atoms with E-state index in [0.29, 0.717) is 36.8 Å². The lowest BCUT2D eigenvalue weighted by Gasteiger charge is -2.29. The Hall–Kier alpha value is -3.34. The molecule has 1 aliphatic carbocycles. The van der Waals surface area contributed by atoms with Crippen LogP contribution in [0.3, 0.4) is 0 Å². The van der Waals surface area contributed by atoms with E-state index in [1.807, 2.05) is 0 Å².